The van der Waals surface area contributed by atoms with E-state index in [9.17, 15) is 4.79 Å². The van der Waals surface area contributed by atoms with Gasteiger partial charge in [0.1, 0.15) is 0 Å². The van der Waals surface area contributed by atoms with Gasteiger partial charge in [0, 0.05) is 0 Å². The zero-order valence-corrected chi connectivity index (χ0v) is 13.9. The van der Waals surface area contributed by atoms with Gasteiger partial charge < -0.3 is 9.26 Å². The second-order valence-electron chi connectivity index (χ2n) is 5.05. The lowest BCUT2D eigenvalue weighted by Crippen LogP contribution is -2.06. The first-order valence-electron chi connectivity index (χ1n) is 7.43. The number of aryl methyl sites for hydroxylation is 1. The molecule has 1 aromatic heterocycles. The van der Waals surface area contributed by atoms with Crippen LogP contribution in [0.25, 0.3) is 21.9 Å². The first-order valence-corrected chi connectivity index (χ1v) is 8.42. The normalized spacial score (nSPS) is 10.9. The smallest absolute Gasteiger partial charge is 0.316 e. The van der Waals surface area contributed by atoms with Crippen LogP contribution in [-0.2, 0) is 9.53 Å². The molecule has 23 heavy (non-hydrogen) atoms. The second-order valence-corrected chi connectivity index (χ2v) is 6.00. The highest BCUT2D eigenvalue weighted by Gasteiger charge is 2.18. The van der Waals surface area contributed by atoms with Crippen LogP contribution in [0.5, 0.6) is 0 Å². The van der Waals surface area contributed by atoms with E-state index in [1.54, 1.807) is 6.92 Å². The Morgan fingerprint density at radius 2 is 2.00 bits per heavy atom. The van der Waals surface area contributed by atoms with E-state index in [1.807, 2.05) is 25.1 Å². The summed E-state index contributed by atoms with van der Waals surface area (Å²) in [6, 6.07) is 14.3. The summed E-state index contributed by atoms with van der Waals surface area (Å²) < 4.78 is 10.4. The molecule has 0 amide bonds. The summed E-state index contributed by atoms with van der Waals surface area (Å²) in [4.78, 5) is 11.6. The van der Waals surface area contributed by atoms with Crippen molar-refractivity contribution in [3.8, 4) is 11.1 Å². The summed E-state index contributed by atoms with van der Waals surface area (Å²) in [6.45, 7) is 4.09. The van der Waals surface area contributed by atoms with E-state index in [4.69, 9.17) is 9.26 Å². The van der Waals surface area contributed by atoms with Gasteiger partial charge in [-0.25, -0.2) is 0 Å². The summed E-state index contributed by atoms with van der Waals surface area (Å²) in [7, 11) is 0. The number of hydrogen-bond donors (Lipinski definition) is 0. The first-order chi connectivity index (χ1) is 11.2. The predicted molar refractivity (Wildman–Crippen MR) is 91.5 cm³/mol. The van der Waals surface area contributed by atoms with Gasteiger partial charge in [-0.2, -0.15) is 0 Å². The number of benzene rings is 2. The van der Waals surface area contributed by atoms with Gasteiger partial charge in [0.05, 0.1) is 23.6 Å². The van der Waals surface area contributed by atoms with Crippen molar-refractivity contribution in [2.75, 3.05) is 12.4 Å². The third-order valence-corrected chi connectivity index (χ3v) is 4.44. The molecule has 0 saturated heterocycles. The maximum atomic E-state index is 11.6. The van der Waals surface area contributed by atoms with E-state index in [-0.39, 0.29) is 11.7 Å². The van der Waals surface area contributed by atoms with E-state index in [0.29, 0.717) is 11.7 Å². The van der Waals surface area contributed by atoms with Crippen LogP contribution >= 0.6 is 11.8 Å². The Morgan fingerprint density at radius 1 is 1.22 bits per heavy atom. The fourth-order valence-corrected chi connectivity index (χ4v) is 3.35. The van der Waals surface area contributed by atoms with Crippen LogP contribution in [0.3, 0.4) is 0 Å². The fourth-order valence-electron chi connectivity index (χ4n) is 2.52. The van der Waals surface area contributed by atoms with Gasteiger partial charge in [-0.3, -0.25) is 4.79 Å². The molecule has 4 nitrogen and oxygen atoms in total. The number of nitrogens with zero attached hydrogens (tertiary/aromatic N) is 1. The van der Waals surface area contributed by atoms with Crippen molar-refractivity contribution >= 4 is 28.5 Å². The molecular formula is C18H17NO3S. The Morgan fingerprint density at radius 3 is 2.83 bits per heavy atom. The lowest BCUT2D eigenvalue weighted by molar-refractivity contribution is -0.139. The highest BCUT2D eigenvalue weighted by Crippen LogP contribution is 2.37. The summed E-state index contributed by atoms with van der Waals surface area (Å²) >= 11 is 1.32. The van der Waals surface area contributed by atoms with Crippen molar-refractivity contribution in [1.82, 2.24) is 5.16 Å². The molecule has 5 heteroatoms. The molecule has 0 saturated carbocycles. The molecular weight excluding hydrogens is 310 g/mol. The molecule has 1 heterocycles. The van der Waals surface area contributed by atoms with Gasteiger partial charge in [0.25, 0.3) is 0 Å². The van der Waals surface area contributed by atoms with E-state index in [0.717, 1.165) is 27.6 Å². The SMILES string of the molecule is CCOC(=O)CSc1onc(C)c1-c1cccc2ccccc12. The van der Waals surface area contributed by atoms with Crippen LogP contribution in [-0.4, -0.2) is 23.5 Å². The van der Waals surface area contributed by atoms with Crippen LogP contribution in [0, 0.1) is 6.92 Å². The zero-order valence-electron chi connectivity index (χ0n) is 13.0. The number of thioether (sulfide) groups is 1. The first kappa shape index (κ1) is 15.6. The quantitative estimate of drug-likeness (QED) is 0.511. The fraction of sp³-hybridized carbons (Fsp3) is 0.222. The molecule has 0 aliphatic heterocycles. The minimum atomic E-state index is -0.254. The van der Waals surface area contributed by atoms with Crippen molar-refractivity contribution in [1.29, 1.82) is 0 Å². The molecule has 0 spiro atoms. The van der Waals surface area contributed by atoms with Gasteiger partial charge in [-0.15, -0.1) is 0 Å². The van der Waals surface area contributed by atoms with E-state index in [2.05, 4.69) is 29.4 Å². The van der Waals surface area contributed by atoms with E-state index < -0.39 is 0 Å². The van der Waals surface area contributed by atoms with Gasteiger partial charge in [0.15, 0.2) is 0 Å². The molecule has 0 aliphatic carbocycles. The van der Waals surface area contributed by atoms with Crippen molar-refractivity contribution in [3.63, 3.8) is 0 Å². The molecule has 0 aliphatic rings. The minimum absolute atomic E-state index is 0.209. The molecule has 0 fully saturated rings. The number of carbonyl (C=O) groups excluding carboxylic acids is 1. The third kappa shape index (κ3) is 3.24. The van der Waals surface area contributed by atoms with Crippen molar-refractivity contribution in [2.24, 2.45) is 0 Å². The van der Waals surface area contributed by atoms with Crippen molar-refractivity contribution in [2.45, 2.75) is 18.9 Å². The van der Waals surface area contributed by atoms with Crippen LogP contribution in [0.1, 0.15) is 12.6 Å². The lowest BCUT2D eigenvalue weighted by atomic mass is 9.99. The molecule has 3 aromatic rings. The Kier molecular flexibility index (Phi) is 4.67. The summed E-state index contributed by atoms with van der Waals surface area (Å²) in [5.74, 6) is -0.0457. The molecule has 3 rings (SSSR count). The van der Waals surface area contributed by atoms with Crippen LogP contribution in [0.15, 0.2) is 52.1 Å². The van der Waals surface area contributed by atoms with Crippen LogP contribution in [0.4, 0.5) is 0 Å². The summed E-state index contributed by atoms with van der Waals surface area (Å²) in [5.41, 5.74) is 2.82. The number of hydrogen-bond acceptors (Lipinski definition) is 5. The van der Waals surface area contributed by atoms with Gasteiger partial charge in [-0.05, 0) is 30.2 Å². The van der Waals surface area contributed by atoms with E-state index in [1.165, 1.54) is 11.8 Å². The number of carbonyl (C=O) groups is 1. The number of rotatable bonds is 5. The van der Waals surface area contributed by atoms with Crippen molar-refractivity contribution < 1.29 is 14.1 Å². The average molecular weight is 327 g/mol. The molecule has 2 aromatic carbocycles. The maximum absolute atomic E-state index is 11.6. The molecule has 118 valence electrons. The molecule has 0 atom stereocenters. The third-order valence-electron chi connectivity index (χ3n) is 3.52. The number of aromatic nitrogens is 1. The Balaban J connectivity index is 1.99. The van der Waals surface area contributed by atoms with Gasteiger partial charge in [0.2, 0.25) is 5.09 Å². The molecule has 0 unspecified atom stereocenters. The average Bonchev–Trinajstić information content (AvgIpc) is 2.93. The monoisotopic (exact) mass is 327 g/mol. The predicted octanol–water partition coefficient (Wildman–Crippen LogP) is 4.46. The highest BCUT2D eigenvalue weighted by atomic mass is 32.2. The Labute approximate surface area is 138 Å². The Bertz CT molecular complexity index is 836. The molecule has 0 N–H and O–H groups in total. The maximum Gasteiger partial charge on any atom is 0.316 e. The topological polar surface area (TPSA) is 52.3 Å². The van der Waals surface area contributed by atoms with E-state index >= 15 is 0 Å². The minimum Gasteiger partial charge on any atom is -0.465 e. The van der Waals surface area contributed by atoms with Gasteiger partial charge >= 0.3 is 5.97 Å². The van der Waals surface area contributed by atoms with Crippen LogP contribution in [0.2, 0.25) is 0 Å². The number of ether oxygens (including phenoxy) is 1. The van der Waals surface area contributed by atoms with Crippen molar-refractivity contribution in [3.05, 3.63) is 48.2 Å². The van der Waals surface area contributed by atoms with Gasteiger partial charge in [-0.1, -0.05) is 59.4 Å². The second kappa shape index (κ2) is 6.87. The zero-order chi connectivity index (χ0) is 16.2. The lowest BCUT2D eigenvalue weighted by Gasteiger charge is -2.07. The molecule has 0 bridgehead atoms. The summed E-state index contributed by atoms with van der Waals surface area (Å²) in [6.07, 6.45) is 0. The summed E-state index contributed by atoms with van der Waals surface area (Å²) in [5, 5.41) is 7.02. The number of esters is 1. The Hall–Kier alpha value is -2.27. The number of fused-ring (bicyclic) bond motifs is 1. The largest absolute Gasteiger partial charge is 0.465 e. The van der Waals surface area contributed by atoms with Crippen LogP contribution < -0.4 is 0 Å². The highest BCUT2D eigenvalue weighted by molar-refractivity contribution is 7.99. The molecule has 0 radical (unpaired) electrons. The standard InChI is InChI=1S/C18H17NO3S/c1-3-21-16(20)11-23-18-17(12(2)19-22-18)15-10-6-8-13-7-4-5-9-14(13)15/h4-10H,3,11H2,1-2H3.